The summed E-state index contributed by atoms with van der Waals surface area (Å²) in [6.07, 6.45) is 4.24. The van der Waals surface area contributed by atoms with Crippen molar-refractivity contribution < 1.29 is 28.9 Å². The predicted octanol–water partition coefficient (Wildman–Crippen LogP) is 4.57. The zero-order valence-corrected chi connectivity index (χ0v) is 20.0. The van der Waals surface area contributed by atoms with Gasteiger partial charge in [0.05, 0.1) is 17.7 Å². The molecule has 2 N–H and O–H groups in total. The van der Waals surface area contributed by atoms with Crippen molar-refractivity contribution in [1.82, 2.24) is 15.3 Å². The van der Waals surface area contributed by atoms with Gasteiger partial charge in [-0.25, -0.2) is 14.6 Å². The monoisotopic (exact) mass is 469 g/mol. The van der Waals surface area contributed by atoms with Crippen LogP contribution < -0.4 is 10.1 Å². The number of fused-ring (bicyclic) bond motifs is 3. The Morgan fingerprint density at radius 2 is 1.91 bits per heavy atom. The molecule has 0 aliphatic heterocycles. The molecule has 1 aromatic carbocycles. The Morgan fingerprint density at radius 3 is 2.65 bits per heavy atom. The van der Waals surface area contributed by atoms with E-state index >= 15 is 0 Å². The average molecular weight is 470 g/mol. The van der Waals surface area contributed by atoms with E-state index in [1.807, 2.05) is 33.8 Å². The molecular weight excluding hydrogens is 438 g/mol. The summed E-state index contributed by atoms with van der Waals surface area (Å²) in [7, 11) is 0. The van der Waals surface area contributed by atoms with Crippen LogP contribution in [0.2, 0.25) is 0 Å². The average Bonchev–Trinajstić information content (AvgIpc) is 2.77. The van der Waals surface area contributed by atoms with Crippen molar-refractivity contribution in [2.75, 3.05) is 19.8 Å². The third kappa shape index (κ3) is 7.02. The summed E-state index contributed by atoms with van der Waals surface area (Å²) >= 11 is 0. The van der Waals surface area contributed by atoms with E-state index < -0.39 is 17.7 Å². The van der Waals surface area contributed by atoms with E-state index in [0.717, 1.165) is 29.0 Å². The second kappa shape index (κ2) is 11.1. The standard InChI is InChI=1S/C25H31N3O6/c1-16(15-32-12-6-5-10-27-24(31)34-25(2,3)4)33-22-19-9-11-26-14-20(19)18-8-7-17(23(29)30)13-21(18)28-22/h7-9,11,13-14,16H,5-6,10,12,15H2,1-4H3,(H,27,31)(H,29,30). The first-order chi connectivity index (χ1) is 16.1. The van der Waals surface area contributed by atoms with Crippen molar-refractivity contribution >= 4 is 33.7 Å². The number of pyridine rings is 2. The third-order valence-corrected chi connectivity index (χ3v) is 4.86. The zero-order valence-electron chi connectivity index (χ0n) is 20.0. The van der Waals surface area contributed by atoms with Gasteiger partial charge >= 0.3 is 12.1 Å². The molecule has 3 aromatic rings. The first kappa shape index (κ1) is 25.2. The van der Waals surface area contributed by atoms with Gasteiger partial charge in [0.2, 0.25) is 5.88 Å². The van der Waals surface area contributed by atoms with Gasteiger partial charge in [-0.15, -0.1) is 0 Å². The van der Waals surface area contributed by atoms with Gasteiger partial charge in [0.1, 0.15) is 11.7 Å². The lowest BCUT2D eigenvalue weighted by atomic mass is 10.1. The number of nitrogens with zero attached hydrogens (tertiary/aromatic N) is 2. The summed E-state index contributed by atoms with van der Waals surface area (Å²) in [5.74, 6) is -0.606. The first-order valence-corrected chi connectivity index (χ1v) is 11.3. The molecule has 0 saturated heterocycles. The summed E-state index contributed by atoms with van der Waals surface area (Å²) < 4.78 is 17.0. The van der Waals surface area contributed by atoms with Crippen LogP contribution in [0, 0.1) is 0 Å². The van der Waals surface area contributed by atoms with Crippen LogP contribution in [0.5, 0.6) is 5.88 Å². The fourth-order valence-corrected chi connectivity index (χ4v) is 3.35. The molecule has 0 bridgehead atoms. The first-order valence-electron chi connectivity index (χ1n) is 11.3. The molecule has 1 amide bonds. The number of nitrogens with one attached hydrogen (secondary N) is 1. The number of carboxylic acids is 1. The highest BCUT2D eigenvalue weighted by molar-refractivity contribution is 6.08. The fourth-order valence-electron chi connectivity index (χ4n) is 3.35. The Kier molecular flexibility index (Phi) is 8.22. The summed E-state index contributed by atoms with van der Waals surface area (Å²) in [6.45, 7) is 8.76. The quantitative estimate of drug-likeness (QED) is 0.327. The summed E-state index contributed by atoms with van der Waals surface area (Å²) in [5.41, 5.74) is 0.177. The number of aromatic nitrogens is 2. The van der Waals surface area contributed by atoms with Crippen LogP contribution in [0.25, 0.3) is 21.7 Å². The molecule has 2 heterocycles. The lowest BCUT2D eigenvalue weighted by molar-refractivity contribution is 0.0504. The van der Waals surface area contributed by atoms with Crippen molar-refractivity contribution in [3.8, 4) is 5.88 Å². The highest BCUT2D eigenvalue weighted by Crippen LogP contribution is 2.31. The molecule has 0 fully saturated rings. The normalized spacial score (nSPS) is 12.5. The van der Waals surface area contributed by atoms with E-state index in [4.69, 9.17) is 14.2 Å². The van der Waals surface area contributed by atoms with E-state index in [9.17, 15) is 14.7 Å². The molecule has 2 aromatic heterocycles. The van der Waals surface area contributed by atoms with E-state index in [-0.39, 0.29) is 11.7 Å². The molecule has 1 unspecified atom stereocenters. The van der Waals surface area contributed by atoms with E-state index in [2.05, 4.69) is 15.3 Å². The molecule has 0 spiro atoms. The Balaban J connectivity index is 1.53. The molecule has 0 aliphatic carbocycles. The van der Waals surface area contributed by atoms with Crippen LogP contribution in [0.4, 0.5) is 4.79 Å². The lowest BCUT2D eigenvalue weighted by Gasteiger charge is -2.19. The SMILES string of the molecule is CC(COCCCCNC(=O)OC(C)(C)C)Oc1nc2cc(C(=O)O)ccc2c2cnccc12. The minimum atomic E-state index is -1.01. The number of carbonyl (C=O) groups excluding carboxylic acids is 1. The van der Waals surface area contributed by atoms with Crippen LogP contribution in [-0.4, -0.2) is 58.6 Å². The molecule has 0 radical (unpaired) electrons. The predicted molar refractivity (Wildman–Crippen MR) is 128 cm³/mol. The zero-order chi connectivity index (χ0) is 24.7. The minimum absolute atomic E-state index is 0.159. The van der Waals surface area contributed by atoms with Crippen LogP contribution in [0.3, 0.4) is 0 Å². The van der Waals surface area contributed by atoms with Crippen LogP contribution in [0.1, 0.15) is 50.9 Å². The fraction of sp³-hybridized carbons (Fsp3) is 0.440. The summed E-state index contributed by atoms with van der Waals surface area (Å²) in [6, 6.07) is 6.65. The summed E-state index contributed by atoms with van der Waals surface area (Å²) in [5, 5.41) is 14.5. The number of unbranched alkanes of at least 4 members (excludes halogenated alkanes) is 1. The number of benzene rings is 1. The highest BCUT2D eigenvalue weighted by atomic mass is 16.6. The largest absolute Gasteiger partial charge is 0.478 e. The number of carboxylic acid groups (broad SMARTS) is 1. The molecule has 182 valence electrons. The Labute approximate surface area is 198 Å². The molecule has 3 rings (SSSR count). The van der Waals surface area contributed by atoms with Crippen molar-refractivity contribution in [1.29, 1.82) is 0 Å². The topological polar surface area (TPSA) is 120 Å². The van der Waals surface area contributed by atoms with Crippen molar-refractivity contribution in [3.05, 3.63) is 42.2 Å². The maximum absolute atomic E-state index is 11.6. The van der Waals surface area contributed by atoms with Gasteiger partial charge in [0.15, 0.2) is 0 Å². The number of rotatable bonds is 10. The Morgan fingerprint density at radius 1 is 1.12 bits per heavy atom. The number of aromatic carboxylic acids is 1. The number of amides is 1. The van der Waals surface area contributed by atoms with Crippen LogP contribution >= 0.6 is 0 Å². The number of hydrogen-bond acceptors (Lipinski definition) is 7. The molecule has 9 nitrogen and oxygen atoms in total. The van der Waals surface area contributed by atoms with Gasteiger partial charge in [0.25, 0.3) is 0 Å². The van der Waals surface area contributed by atoms with Gasteiger partial charge in [-0.05, 0) is 58.7 Å². The molecule has 34 heavy (non-hydrogen) atoms. The van der Waals surface area contributed by atoms with Crippen LogP contribution in [-0.2, 0) is 9.47 Å². The van der Waals surface area contributed by atoms with E-state index in [1.165, 1.54) is 6.07 Å². The maximum atomic E-state index is 11.6. The van der Waals surface area contributed by atoms with E-state index in [1.54, 1.807) is 24.5 Å². The maximum Gasteiger partial charge on any atom is 0.407 e. The van der Waals surface area contributed by atoms with Crippen molar-refractivity contribution in [2.24, 2.45) is 0 Å². The van der Waals surface area contributed by atoms with Gasteiger partial charge in [0, 0.05) is 41.7 Å². The smallest absolute Gasteiger partial charge is 0.407 e. The van der Waals surface area contributed by atoms with Gasteiger partial charge in [-0.1, -0.05) is 6.07 Å². The highest BCUT2D eigenvalue weighted by Gasteiger charge is 2.16. The third-order valence-electron chi connectivity index (χ3n) is 4.86. The van der Waals surface area contributed by atoms with Gasteiger partial charge < -0.3 is 24.6 Å². The van der Waals surface area contributed by atoms with E-state index in [0.29, 0.717) is 31.2 Å². The Bertz CT molecular complexity index is 1160. The molecule has 9 heteroatoms. The second-order valence-corrected chi connectivity index (χ2v) is 9.01. The molecule has 0 aliphatic rings. The van der Waals surface area contributed by atoms with Gasteiger partial charge in [-0.3, -0.25) is 4.98 Å². The van der Waals surface area contributed by atoms with Crippen LogP contribution in [0.15, 0.2) is 36.7 Å². The Hall–Kier alpha value is -3.46. The number of hydrogen-bond donors (Lipinski definition) is 2. The minimum Gasteiger partial charge on any atom is -0.478 e. The molecule has 0 saturated carbocycles. The number of carbonyl (C=O) groups is 2. The summed E-state index contributed by atoms with van der Waals surface area (Å²) in [4.78, 5) is 31.7. The van der Waals surface area contributed by atoms with Crippen molar-refractivity contribution in [3.63, 3.8) is 0 Å². The second-order valence-electron chi connectivity index (χ2n) is 9.01. The lowest BCUT2D eigenvalue weighted by Crippen LogP contribution is -2.33. The molecular formula is C25H31N3O6. The van der Waals surface area contributed by atoms with Gasteiger partial charge in [-0.2, -0.15) is 0 Å². The molecule has 1 atom stereocenters. The number of alkyl carbamates (subject to hydrolysis) is 1. The van der Waals surface area contributed by atoms with Crippen molar-refractivity contribution in [2.45, 2.75) is 52.2 Å². The number of ether oxygens (including phenoxy) is 3.